The van der Waals surface area contributed by atoms with Crippen LogP contribution in [0.1, 0.15) is 48.8 Å². The van der Waals surface area contributed by atoms with E-state index in [1.807, 2.05) is 53.4 Å². The maximum atomic E-state index is 13.3. The number of rotatable bonds is 6. The summed E-state index contributed by atoms with van der Waals surface area (Å²) in [4.78, 5) is 26.7. The number of piperidine rings is 1. The molecule has 0 radical (unpaired) electrons. The van der Waals surface area contributed by atoms with E-state index in [9.17, 15) is 14.7 Å². The molecule has 1 aliphatic carbocycles. The lowest BCUT2D eigenvalue weighted by atomic mass is 9.75. The summed E-state index contributed by atoms with van der Waals surface area (Å²) >= 11 is 12.4. The molecule has 0 aromatic heterocycles. The molecule has 0 bridgehead atoms. The standard InChI is InChI=1S/C23H23Cl2NO3/c24-18-8-6-15(7-9-18)22-20(16-2-1-3-19(25)10-16)11-17(12-21(27)28)23(29)26(22)13-14-4-5-14/h1-3,6-10,14,17,20,22H,4-5,11-13H2,(H,27,28)/t17-,20+,22?/m0/s1. The van der Waals surface area contributed by atoms with Crippen LogP contribution in [0, 0.1) is 11.8 Å². The summed E-state index contributed by atoms with van der Waals surface area (Å²) in [6.07, 6.45) is 2.56. The minimum absolute atomic E-state index is 0.0318. The zero-order valence-electron chi connectivity index (χ0n) is 15.9. The van der Waals surface area contributed by atoms with Gasteiger partial charge in [-0.15, -0.1) is 0 Å². The van der Waals surface area contributed by atoms with E-state index in [1.54, 1.807) is 0 Å². The van der Waals surface area contributed by atoms with Crippen LogP contribution in [0.2, 0.25) is 10.0 Å². The maximum absolute atomic E-state index is 13.3. The molecule has 1 N–H and O–H groups in total. The number of halogens is 2. The topological polar surface area (TPSA) is 57.6 Å². The van der Waals surface area contributed by atoms with Crippen molar-refractivity contribution < 1.29 is 14.7 Å². The molecule has 4 nitrogen and oxygen atoms in total. The van der Waals surface area contributed by atoms with E-state index < -0.39 is 11.9 Å². The van der Waals surface area contributed by atoms with Gasteiger partial charge in [-0.1, -0.05) is 47.5 Å². The molecule has 1 heterocycles. The van der Waals surface area contributed by atoms with E-state index in [-0.39, 0.29) is 24.3 Å². The van der Waals surface area contributed by atoms with Crippen LogP contribution in [0.15, 0.2) is 48.5 Å². The molecule has 2 aromatic carbocycles. The van der Waals surface area contributed by atoms with E-state index >= 15 is 0 Å². The van der Waals surface area contributed by atoms with Gasteiger partial charge in [0.15, 0.2) is 0 Å². The Kier molecular flexibility index (Phi) is 5.84. The van der Waals surface area contributed by atoms with E-state index in [4.69, 9.17) is 23.2 Å². The summed E-state index contributed by atoms with van der Waals surface area (Å²) < 4.78 is 0. The number of hydrogen-bond acceptors (Lipinski definition) is 2. The van der Waals surface area contributed by atoms with Gasteiger partial charge in [-0.2, -0.15) is 0 Å². The fourth-order valence-corrected chi connectivity index (χ4v) is 4.74. The predicted octanol–water partition coefficient (Wildman–Crippen LogP) is 5.55. The van der Waals surface area contributed by atoms with Crippen LogP contribution in [0.3, 0.4) is 0 Å². The number of benzene rings is 2. The molecule has 2 aliphatic rings. The molecular formula is C23H23Cl2NO3. The fourth-order valence-electron chi connectivity index (χ4n) is 4.42. The van der Waals surface area contributed by atoms with Crippen LogP contribution in [0.5, 0.6) is 0 Å². The average Bonchev–Trinajstić information content (AvgIpc) is 3.49. The fraction of sp³-hybridized carbons (Fsp3) is 0.391. The first-order valence-electron chi connectivity index (χ1n) is 9.95. The van der Waals surface area contributed by atoms with Crippen LogP contribution in [-0.4, -0.2) is 28.4 Å². The lowest BCUT2D eigenvalue weighted by Gasteiger charge is -2.45. The Balaban J connectivity index is 1.78. The normalized spacial score (nSPS) is 24.6. The summed E-state index contributed by atoms with van der Waals surface area (Å²) in [5, 5.41) is 10.7. The van der Waals surface area contributed by atoms with Crippen molar-refractivity contribution in [2.24, 2.45) is 11.8 Å². The highest BCUT2D eigenvalue weighted by Crippen LogP contribution is 2.48. The molecule has 0 spiro atoms. The van der Waals surface area contributed by atoms with E-state index in [0.717, 1.165) is 24.0 Å². The van der Waals surface area contributed by atoms with Crippen LogP contribution >= 0.6 is 23.2 Å². The molecule has 152 valence electrons. The van der Waals surface area contributed by atoms with Crippen molar-refractivity contribution in [2.75, 3.05) is 6.54 Å². The first-order valence-corrected chi connectivity index (χ1v) is 10.7. The molecule has 4 rings (SSSR count). The smallest absolute Gasteiger partial charge is 0.304 e. The Bertz CT molecular complexity index is 911. The van der Waals surface area contributed by atoms with Crippen LogP contribution in [0.25, 0.3) is 0 Å². The van der Waals surface area contributed by atoms with Crippen molar-refractivity contribution in [3.8, 4) is 0 Å². The Labute approximate surface area is 180 Å². The minimum atomic E-state index is -0.940. The highest BCUT2D eigenvalue weighted by molar-refractivity contribution is 6.30. The zero-order chi connectivity index (χ0) is 20.5. The Hall–Kier alpha value is -2.04. The molecule has 2 aromatic rings. The van der Waals surface area contributed by atoms with Gasteiger partial charge >= 0.3 is 5.97 Å². The molecular weight excluding hydrogens is 409 g/mol. The molecule has 1 amide bonds. The zero-order valence-corrected chi connectivity index (χ0v) is 17.4. The van der Waals surface area contributed by atoms with Gasteiger partial charge in [0.1, 0.15) is 0 Å². The van der Waals surface area contributed by atoms with Crippen molar-refractivity contribution in [3.05, 3.63) is 69.7 Å². The number of carboxylic acid groups (broad SMARTS) is 1. The number of likely N-dealkylation sites (tertiary alicyclic amines) is 1. The Morgan fingerprint density at radius 1 is 1.03 bits per heavy atom. The van der Waals surface area contributed by atoms with Crippen LogP contribution in [-0.2, 0) is 9.59 Å². The van der Waals surface area contributed by atoms with E-state index in [1.165, 1.54) is 0 Å². The Morgan fingerprint density at radius 3 is 2.38 bits per heavy atom. The lowest BCUT2D eigenvalue weighted by molar-refractivity contribution is -0.150. The van der Waals surface area contributed by atoms with Gasteiger partial charge in [0.25, 0.3) is 0 Å². The predicted molar refractivity (Wildman–Crippen MR) is 113 cm³/mol. The Morgan fingerprint density at radius 2 is 1.76 bits per heavy atom. The molecule has 1 saturated heterocycles. The largest absolute Gasteiger partial charge is 0.481 e. The van der Waals surface area contributed by atoms with Crippen molar-refractivity contribution >= 4 is 35.1 Å². The highest BCUT2D eigenvalue weighted by atomic mass is 35.5. The summed E-state index contributed by atoms with van der Waals surface area (Å²) in [6.45, 7) is 0.666. The van der Waals surface area contributed by atoms with Gasteiger partial charge in [-0.05, 0) is 60.6 Å². The third-order valence-corrected chi connectivity index (χ3v) is 6.44. The van der Waals surface area contributed by atoms with Crippen molar-refractivity contribution in [2.45, 2.75) is 37.6 Å². The van der Waals surface area contributed by atoms with Gasteiger partial charge in [0.2, 0.25) is 5.91 Å². The average molecular weight is 432 g/mol. The molecule has 1 saturated carbocycles. The molecule has 3 atom stereocenters. The van der Waals surface area contributed by atoms with Crippen LogP contribution < -0.4 is 0 Å². The highest BCUT2D eigenvalue weighted by Gasteiger charge is 2.45. The van der Waals surface area contributed by atoms with E-state index in [2.05, 4.69) is 0 Å². The quantitative estimate of drug-likeness (QED) is 0.651. The third-order valence-electron chi connectivity index (χ3n) is 5.95. The third kappa shape index (κ3) is 4.59. The van der Waals surface area contributed by atoms with Gasteiger partial charge in [-0.25, -0.2) is 0 Å². The second kappa shape index (κ2) is 8.37. The number of carbonyl (C=O) groups is 2. The maximum Gasteiger partial charge on any atom is 0.304 e. The number of amides is 1. The second-order valence-electron chi connectivity index (χ2n) is 8.12. The van der Waals surface area contributed by atoms with Crippen LogP contribution in [0.4, 0.5) is 0 Å². The number of carbonyl (C=O) groups excluding carboxylic acids is 1. The molecule has 6 heteroatoms. The van der Waals surface area contributed by atoms with Gasteiger partial charge in [0.05, 0.1) is 12.5 Å². The monoisotopic (exact) mass is 431 g/mol. The van der Waals surface area contributed by atoms with Gasteiger partial charge in [0, 0.05) is 28.4 Å². The lowest BCUT2D eigenvalue weighted by Crippen LogP contribution is -2.48. The minimum Gasteiger partial charge on any atom is -0.481 e. The number of hydrogen-bond donors (Lipinski definition) is 1. The molecule has 29 heavy (non-hydrogen) atoms. The number of nitrogens with zero attached hydrogens (tertiary/aromatic N) is 1. The molecule has 1 unspecified atom stereocenters. The number of aliphatic carboxylic acids is 1. The first kappa shape index (κ1) is 20.2. The van der Waals surface area contributed by atoms with Gasteiger partial charge in [-0.3, -0.25) is 9.59 Å². The van der Waals surface area contributed by atoms with Crippen molar-refractivity contribution in [3.63, 3.8) is 0 Å². The summed E-state index contributed by atoms with van der Waals surface area (Å²) in [5.41, 5.74) is 2.04. The summed E-state index contributed by atoms with van der Waals surface area (Å²) in [5.74, 6) is -1.06. The first-order chi connectivity index (χ1) is 13.9. The van der Waals surface area contributed by atoms with Gasteiger partial charge < -0.3 is 10.0 Å². The number of carboxylic acids is 1. The van der Waals surface area contributed by atoms with E-state index in [0.29, 0.717) is 28.9 Å². The van der Waals surface area contributed by atoms with Crippen molar-refractivity contribution in [1.29, 1.82) is 0 Å². The summed E-state index contributed by atoms with van der Waals surface area (Å²) in [7, 11) is 0. The SMILES string of the molecule is O=C(O)C[C@@H]1C[C@H](c2cccc(Cl)c2)C(c2ccc(Cl)cc2)N(CC2CC2)C1=O. The second-order valence-corrected chi connectivity index (χ2v) is 9.00. The molecule has 1 aliphatic heterocycles. The summed E-state index contributed by atoms with van der Waals surface area (Å²) in [6, 6.07) is 15.1. The molecule has 2 fully saturated rings. The van der Waals surface area contributed by atoms with Crippen molar-refractivity contribution in [1.82, 2.24) is 4.90 Å².